The van der Waals surface area contributed by atoms with Crippen molar-refractivity contribution in [1.82, 2.24) is 35.0 Å². The highest BCUT2D eigenvalue weighted by atomic mass is 32.1. The Morgan fingerprint density at radius 3 is 2.47 bits per heavy atom. The lowest BCUT2D eigenvalue weighted by molar-refractivity contribution is -0.130. The van der Waals surface area contributed by atoms with Crippen molar-refractivity contribution < 1.29 is 4.79 Å². The molecule has 0 saturated carbocycles. The topological polar surface area (TPSA) is 97.6 Å². The highest BCUT2D eigenvalue weighted by Crippen LogP contribution is 2.32. The molecule has 4 heterocycles. The second-order valence-corrected chi connectivity index (χ2v) is 10.1. The van der Waals surface area contributed by atoms with Gasteiger partial charge >= 0.3 is 0 Å². The lowest BCUT2D eigenvalue weighted by Gasteiger charge is -2.36. The number of carbonyl (C=O) groups excluding carboxylic acids is 1. The summed E-state index contributed by atoms with van der Waals surface area (Å²) in [5, 5.41) is 8.55. The van der Waals surface area contributed by atoms with E-state index in [0.29, 0.717) is 23.7 Å². The zero-order valence-electron chi connectivity index (χ0n) is 21.0. The molecular weight excluding hydrogens is 446 g/mol. The average Bonchev–Trinajstić information content (AvgIpc) is 3.39. The maximum atomic E-state index is 11.5. The van der Waals surface area contributed by atoms with Crippen LogP contribution < -0.4 is 0 Å². The van der Waals surface area contributed by atoms with Gasteiger partial charge < -0.3 is 4.90 Å². The molecule has 9 heteroatoms. The summed E-state index contributed by atoms with van der Waals surface area (Å²) in [6.45, 7) is 14.1. The first-order valence-electron chi connectivity index (χ1n) is 12.0. The first-order valence-corrected chi connectivity index (χ1v) is 12.8. The Morgan fingerprint density at radius 1 is 1.12 bits per heavy atom. The standard InChI is InChI=1S/C16H25N3O.C9H10N4S/c1-5-11(2)15-8-17-9-16(18-15)14-6-7-19(13(4)20)10-12(14)3;1-6(2)7-3-10-4-8(12-7)9-13-11-5-14-9/h8-9,11-12,14H,5-7,10H2,1-4H3;3-6H,1-2H3. The molecule has 0 N–H and O–H groups in total. The van der Waals surface area contributed by atoms with Crippen LogP contribution in [0, 0.1) is 5.92 Å². The van der Waals surface area contributed by atoms with E-state index in [4.69, 9.17) is 4.98 Å². The molecule has 1 saturated heterocycles. The minimum Gasteiger partial charge on any atom is -0.343 e. The van der Waals surface area contributed by atoms with Crippen LogP contribution >= 0.6 is 11.3 Å². The van der Waals surface area contributed by atoms with Gasteiger partial charge in [0.2, 0.25) is 5.91 Å². The number of carbonyl (C=O) groups is 1. The molecule has 0 bridgehead atoms. The summed E-state index contributed by atoms with van der Waals surface area (Å²) in [5.74, 6) is 1.87. The summed E-state index contributed by atoms with van der Waals surface area (Å²) < 4.78 is 0. The van der Waals surface area contributed by atoms with Crippen LogP contribution in [-0.4, -0.2) is 54.0 Å². The van der Waals surface area contributed by atoms with Crippen LogP contribution in [0.25, 0.3) is 10.7 Å². The molecule has 0 radical (unpaired) electrons. The molecule has 182 valence electrons. The molecule has 0 aliphatic carbocycles. The maximum Gasteiger partial charge on any atom is 0.219 e. The van der Waals surface area contributed by atoms with Crippen molar-refractivity contribution in [2.24, 2.45) is 5.92 Å². The van der Waals surface area contributed by atoms with E-state index in [-0.39, 0.29) is 5.91 Å². The Labute approximate surface area is 206 Å². The monoisotopic (exact) mass is 481 g/mol. The summed E-state index contributed by atoms with van der Waals surface area (Å²) in [4.78, 5) is 31.2. The smallest absolute Gasteiger partial charge is 0.219 e. The van der Waals surface area contributed by atoms with E-state index in [9.17, 15) is 4.79 Å². The predicted octanol–water partition coefficient (Wildman–Crippen LogP) is 5.08. The average molecular weight is 482 g/mol. The summed E-state index contributed by atoms with van der Waals surface area (Å²) in [5.41, 5.74) is 5.67. The lowest BCUT2D eigenvalue weighted by atomic mass is 9.84. The van der Waals surface area contributed by atoms with Gasteiger partial charge in [-0.1, -0.05) is 46.0 Å². The Balaban J connectivity index is 0.000000202. The zero-order chi connectivity index (χ0) is 24.7. The fraction of sp³-hybridized carbons (Fsp3) is 0.560. The number of amides is 1. The maximum absolute atomic E-state index is 11.5. The lowest BCUT2D eigenvalue weighted by Crippen LogP contribution is -2.41. The number of likely N-dealkylation sites (tertiary alicyclic amines) is 1. The van der Waals surface area contributed by atoms with E-state index in [2.05, 4.69) is 59.8 Å². The molecular formula is C25H35N7OS. The van der Waals surface area contributed by atoms with Gasteiger partial charge in [0, 0.05) is 44.5 Å². The van der Waals surface area contributed by atoms with Gasteiger partial charge in [-0.25, -0.2) is 4.98 Å². The molecule has 8 nitrogen and oxygen atoms in total. The quantitative estimate of drug-likeness (QED) is 0.501. The number of nitrogens with zero attached hydrogens (tertiary/aromatic N) is 7. The van der Waals surface area contributed by atoms with Gasteiger partial charge in [-0.15, -0.1) is 10.2 Å². The van der Waals surface area contributed by atoms with E-state index in [1.54, 1.807) is 24.8 Å². The van der Waals surface area contributed by atoms with Crippen molar-refractivity contribution >= 4 is 17.2 Å². The molecule has 1 aliphatic rings. The molecule has 0 spiro atoms. The fourth-order valence-corrected chi connectivity index (χ4v) is 4.45. The third kappa shape index (κ3) is 6.62. The molecule has 3 unspecified atom stereocenters. The fourth-order valence-electron chi connectivity index (χ4n) is 3.94. The van der Waals surface area contributed by atoms with E-state index < -0.39 is 0 Å². The van der Waals surface area contributed by atoms with Crippen molar-refractivity contribution in [3.63, 3.8) is 0 Å². The summed E-state index contributed by atoms with van der Waals surface area (Å²) in [7, 11) is 0. The van der Waals surface area contributed by atoms with Crippen LogP contribution in [0.4, 0.5) is 0 Å². The SMILES string of the molecule is CC(C)c1cncc(-c2nncs2)n1.CCC(C)c1cncc(C2CCN(C(C)=O)CC2C)n1. The third-order valence-electron chi connectivity index (χ3n) is 6.34. The highest BCUT2D eigenvalue weighted by Gasteiger charge is 2.29. The van der Waals surface area contributed by atoms with Crippen molar-refractivity contribution in [3.8, 4) is 10.7 Å². The number of hydrogen-bond acceptors (Lipinski definition) is 8. The van der Waals surface area contributed by atoms with Crippen LogP contribution in [-0.2, 0) is 4.79 Å². The summed E-state index contributed by atoms with van der Waals surface area (Å²) in [6.07, 6.45) is 9.35. The van der Waals surface area contributed by atoms with Crippen molar-refractivity contribution in [1.29, 1.82) is 0 Å². The van der Waals surface area contributed by atoms with Crippen LogP contribution in [0.5, 0.6) is 0 Å². The van der Waals surface area contributed by atoms with Crippen molar-refractivity contribution in [2.45, 2.75) is 72.1 Å². The molecule has 3 aromatic rings. The van der Waals surface area contributed by atoms with Crippen LogP contribution in [0.15, 0.2) is 30.3 Å². The van der Waals surface area contributed by atoms with Gasteiger partial charge in [0.15, 0.2) is 5.01 Å². The third-order valence-corrected chi connectivity index (χ3v) is 7.06. The van der Waals surface area contributed by atoms with Gasteiger partial charge in [-0.05, 0) is 30.6 Å². The Bertz CT molecular complexity index is 1060. The molecule has 3 atom stereocenters. The Kier molecular flexibility index (Phi) is 9.15. The second-order valence-electron chi connectivity index (χ2n) is 9.24. The normalized spacial score (nSPS) is 18.9. The Morgan fingerprint density at radius 2 is 1.85 bits per heavy atom. The van der Waals surface area contributed by atoms with Crippen molar-refractivity contribution in [3.05, 3.63) is 47.4 Å². The molecule has 0 aromatic carbocycles. The van der Waals surface area contributed by atoms with Gasteiger partial charge in [0.1, 0.15) is 11.2 Å². The van der Waals surface area contributed by atoms with Gasteiger partial charge in [-0.3, -0.25) is 19.7 Å². The molecule has 3 aromatic heterocycles. The van der Waals surface area contributed by atoms with Crippen LogP contribution in [0.1, 0.15) is 89.2 Å². The molecule has 4 rings (SSSR count). The molecule has 34 heavy (non-hydrogen) atoms. The van der Waals surface area contributed by atoms with Gasteiger partial charge in [-0.2, -0.15) is 0 Å². The van der Waals surface area contributed by atoms with E-state index >= 15 is 0 Å². The highest BCUT2D eigenvalue weighted by molar-refractivity contribution is 7.12. The first kappa shape index (κ1) is 25.8. The molecule has 1 fully saturated rings. The van der Waals surface area contributed by atoms with E-state index in [0.717, 1.165) is 53.7 Å². The van der Waals surface area contributed by atoms with Crippen LogP contribution in [0.2, 0.25) is 0 Å². The zero-order valence-corrected chi connectivity index (χ0v) is 21.8. The molecule has 1 amide bonds. The van der Waals surface area contributed by atoms with E-state index in [1.165, 1.54) is 11.3 Å². The van der Waals surface area contributed by atoms with Crippen molar-refractivity contribution in [2.75, 3.05) is 13.1 Å². The van der Waals surface area contributed by atoms with E-state index in [1.807, 2.05) is 17.3 Å². The minimum absolute atomic E-state index is 0.176. The molecule has 1 aliphatic heterocycles. The second kappa shape index (κ2) is 12.1. The van der Waals surface area contributed by atoms with Gasteiger partial charge in [0.05, 0.1) is 23.3 Å². The number of hydrogen-bond donors (Lipinski definition) is 0. The van der Waals surface area contributed by atoms with Gasteiger partial charge in [0.25, 0.3) is 0 Å². The summed E-state index contributed by atoms with van der Waals surface area (Å²) in [6, 6.07) is 0. The predicted molar refractivity (Wildman–Crippen MR) is 135 cm³/mol. The largest absolute Gasteiger partial charge is 0.343 e. The Hall–Kier alpha value is -2.81. The number of rotatable bonds is 5. The van der Waals surface area contributed by atoms with Crippen LogP contribution in [0.3, 0.4) is 0 Å². The minimum atomic E-state index is 0.176. The first-order chi connectivity index (χ1) is 16.3. The number of piperidine rings is 1. The number of aromatic nitrogens is 6. The summed E-state index contributed by atoms with van der Waals surface area (Å²) >= 11 is 1.47.